The molecule has 8 heteroatoms. The molecular weight excluding hydrogens is 466 g/mol. The van der Waals surface area contributed by atoms with Crippen LogP contribution in [0, 0.1) is 0 Å². The number of rotatable bonds is 10. The maximum absolute atomic E-state index is 11.9. The smallest absolute Gasteiger partial charge is 0.263 e. The molecule has 170 valence electrons. The number of benzene rings is 2. The second-order valence-corrected chi connectivity index (χ2v) is 9.29. The third-order valence-electron chi connectivity index (χ3n) is 4.92. The van der Waals surface area contributed by atoms with Gasteiger partial charge < -0.3 is 19.5 Å². The predicted molar refractivity (Wildman–Crippen MR) is 135 cm³/mol. The first-order valence-corrected chi connectivity index (χ1v) is 12.1. The van der Waals surface area contributed by atoms with E-state index in [1.165, 1.54) is 17.3 Å². The van der Waals surface area contributed by atoms with Crippen LogP contribution < -0.4 is 19.5 Å². The number of thiocarbonyl (C=S) groups is 1. The van der Waals surface area contributed by atoms with Gasteiger partial charge in [0.25, 0.3) is 5.91 Å². The summed E-state index contributed by atoms with van der Waals surface area (Å²) in [4.78, 5) is 12.4. The molecule has 1 amide bonds. The summed E-state index contributed by atoms with van der Waals surface area (Å²) >= 11 is 12.7. The van der Waals surface area contributed by atoms with Gasteiger partial charge in [0, 0.05) is 0 Å². The third-order valence-corrected chi connectivity index (χ3v) is 6.36. The van der Waals surface area contributed by atoms with Gasteiger partial charge in [0.15, 0.2) is 11.5 Å². The molecule has 3 rings (SSSR count). The summed E-state index contributed by atoms with van der Waals surface area (Å²) in [7, 11) is 0. The molecule has 1 aliphatic heterocycles. The van der Waals surface area contributed by atoms with Gasteiger partial charge in [-0.2, -0.15) is 0 Å². The van der Waals surface area contributed by atoms with Gasteiger partial charge in [0.2, 0.25) is 0 Å². The van der Waals surface area contributed by atoms with E-state index < -0.39 is 0 Å². The summed E-state index contributed by atoms with van der Waals surface area (Å²) in [5, 5.41) is 3.00. The van der Waals surface area contributed by atoms with Crippen LogP contribution in [-0.4, -0.2) is 30.0 Å². The van der Waals surface area contributed by atoms with E-state index in [0.717, 1.165) is 17.7 Å². The second kappa shape index (κ2) is 11.6. The summed E-state index contributed by atoms with van der Waals surface area (Å²) in [6, 6.07) is 11.6. The highest BCUT2D eigenvalue weighted by Crippen LogP contribution is 2.38. The van der Waals surface area contributed by atoms with E-state index in [9.17, 15) is 4.79 Å². The molecule has 1 N–H and O–H groups in total. The molecule has 32 heavy (non-hydrogen) atoms. The number of thioether (sulfide) groups is 1. The topological polar surface area (TPSA) is 56.8 Å². The molecule has 0 unspecified atom stereocenters. The Morgan fingerprint density at radius 2 is 1.88 bits per heavy atom. The number of carbonyl (C=O) groups is 1. The first kappa shape index (κ1) is 24.4. The summed E-state index contributed by atoms with van der Waals surface area (Å²) in [5.41, 5.74) is 1.92. The minimum atomic E-state index is -0.218. The number of hydrogen-bond acceptors (Lipinski definition) is 6. The van der Waals surface area contributed by atoms with Gasteiger partial charge in [-0.05, 0) is 54.7 Å². The van der Waals surface area contributed by atoms with Gasteiger partial charge in [0.1, 0.15) is 23.3 Å². The number of para-hydroxylation sites is 1. The Balaban J connectivity index is 1.70. The largest absolute Gasteiger partial charge is 0.490 e. The number of nitrogens with one attached hydrogen (secondary N) is 1. The van der Waals surface area contributed by atoms with E-state index in [0.29, 0.717) is 51.5 Å². The average Bonchev–Trinajstić information content (AvgIpc) is 3.09. The molecule has 1 atom stereocenters. The van der Waals surface area contributed by atoms with Crippen molar-refractivity contribution in [3.05, 3.63) is 57.5 Å². The molecule has 0 saturated carbocycles. The van der Waals surface area contributed by atoms with Crippen LogP contribution in [-0.2, 0) is 4.79 Å². The van der Waals surface area contributed by atoms with Crippen LogP contribution in [0.4, 0.5) is 0 Å². The van der Waals surface area contributed by atoms with Crippen LogP contribution in [0.1, 0.15) is 44.2 Å². The highest BCUT2D eigenvalue weighted by atomic mass is 35.5. The van der Waals surface area contributed by atoms with E-state index >= 15 is 0 Å². The average molecular weight is 492 g/mol. The molecule has 1 aliphatic rings. The van der Waals surface area contributed by atoms with Gasteiger partial charge in [0.05, 0.1) is 16.5 Å². The number of halogens is 1. The van der Waals surface area contributed by atoms with Crippen LogP contribution in [0.5, 0.6) is 17.2 Å². The van der Waals surface area contributed by atoms with Crippen molar-refractivity contribution in [2.75, 3.05) is 19.8 Å². The molecule has 0 aliphatic carbocycles. The van der Waals surface area contributed by atoms with Crippen LogP contribution in [0.15, 0.2) is 41.3 Å². The number of hydrogen-bond donors (Lipinski definition) is 1. The van der Waals surface area contributed by atoms with E-state index in [2.05, 4.69) is 25.2 Å². The molecule has 0 bridgehead atoms. The van der Waals surface area contributed by atoms with Crippen molar-refractivity contribution < 1.29 is 19.0 Å². The SMILES string of the molecule is CCOc1cc(/C=C2\SC(=S)NC2=O)cc(Cl)c1OCCOc1ccccc1[C@@H](C)CC. The highest BCUT2D eigenvalue weighted by Gasteiger charge is 2.22. The number of amides is 1. The Kier molecular flexibility index (Phi) is 8.84. The fourth-order valence-corrected chi connectivity index (χ4v) is 4.50. The molecule has 0 radical (unpaired) electrons. The zero-order valence-corrected chi connectivity index (χ0v) is 20.7. The van der Waals surface area contributed by atoms with Crippen molar-refractivity contribution in [1.29, 1.82) is 0 Å². The van der Waals surface area contributed by atoms with E-state index in [1.807, 2.05) is 25.1 Å². The van der Waals surface area contributed by atoms with Gasteiger partial charge in [-0.15, -0.1) is 0 Å². The van der Waals surface area contributed by atoms with Gasteiger partial charge >= 0.3 is 0 Å². The van der Waals surface area contributed by atoms with Gasteiger partial charge in [-0.25, -0.2) is 0 Å². The Bertz CT molecular complexity index is 1030. The van der Waals surface area contributed by atoms with Crippen LogP contribution in [0.25, 0.3) is 6.08 Å². The van der Waals surface area contributed by atoms with Crippen LogP contribution >= 0.6 is 35.6 Å². The molecule has 0 aromatic heterocycles. The maximum Gasteiger partial charge on any atom is 0.263 e. The lowest BCUT2D eigenvalue weighted by atomic mass is 9.98. The fraction of sp³-hybridized carbons (Fsp3) is 0.333. The monoisotopic (exact) mass is 491 g/mol. The zero-order chi connectivity index (χ0) is 23.1. The molecule has 1 saturated heterocycles. The minimum Gasteiger partial charge on any atom is -0.490 e. The molecule has 1 heterocycles. The highest BCUT2D eigenvalue weighted by molar-refractivity contribution is 8.26. The number of carbonyl (C=O) groups excluding carboxylic acids is 1. The Morgan fingerprint density at radius 1 is 1.12 bits per heavy atom. The van der Waals surface area contributed by atoms with Gasteiger partial charge in [-0.3, -0.25) is 4.79 Å². The molecule has 2 aromatic carbocycles. The standard InChI is InChI=1S/C24H26ClNO4S2/c1-4-15(3)17-8-6-7-9-19(17)29-10-11-30-22-18(25)12-16(13-20(22)28-5-2)14-21-23(27)26-24(31)32-21/h6-9,12-15H,4-5,10-11H2,1-3H3,(H,26,27,31)/b21-14-/t15-/m0/s1. The van der Waals surface area contributed by atoms with Crippen molar-refractivity contribution in [1.82, 2.24) is 5.32 Å². The fourth-order valence-electron chi connectivity index (χ4n) is 3.18. The quantitative estimate of drug-likeness (QED) is 0.242. The first-order valence-electron chi connectivity index (χ1n) is 10.5. The van der Waals surface area contributed by atoms with Crippen LogP contribution in [0.2, 0.25) is 5.02 Å². The van der Waals surface area contributed by atoms with E-state index in [-0.39, 0.29) is 5.91 Å². The third kappa shape index (κ3) is 6.18. The van der Waals surface area contributed by atoms with Crippen molar-refractivity contribution in [3.8, 4) is 17.2 Å². The minimum absolute atomic E-state index is 0.218. The summed E-state index contributed by atoms with van der Waals surface area (Å²) in [5.74, 6) is 2.03. The molecular formula is C24H26ClNO4S2. The molecule has 0 spiro atoms. The lowest BCUT2D eigenvalue weighted by Crippen LogP contribution is -2.17. The lowest BCUT2D eigenvalue weighted by Gasteiger charge is -2.17. The molecule has 5 nitrogen and oxygen atoms in total. The second-order valence-electron chi connectivity index (χ2n) is 7.16. The summed E-state index contributed by atoms with van der Waals surface area (Å²) < 4.78 is 18.1. The van der Waals surface area contributed by atoms with E-state index in [4.69, 9.17) is 38.0 Å². The van der Waals surface area contributed by atoms with Crippen molar-refractivity contribution in [2.45, 2.75) is 33.1 Å². The Hall–Kier alpha value is -2.22. The summed E-state index contributed by atoms with van der Waals surface area (Å²) in [6.07, 6.45) is 2.77. The lowest BCUT2D eigenvalue weighted by molar-refractivity contribution is -0.115. The summed E-state index contributed by atoms with van der Waals surface area (Å²) in [6.45, 7) is 7.36. The normalized spacial score (nSPS) is 15.6. The number of ether oxygens (including phenoxy) is 3. The van der Waals surface area contributed by atoms with Gasteiger partial charge in [-0.1, -0.05) is 67.6 Å². The Morgan fingerprint density at radius 3 is 2.56 bits per heavy atom. The zero-order valence-electron chi connectivity index (χ0n) is 18.3. The molecule has 1 fully saturated rings. The van der Waals surface area contributed by atoms with Crippen molar-refractivity contribution in [2.24, 2.45) is 0 Å². The molecule has 2 aromatic rings. The van der Waals surface area contributed by atoms with Crippen LogP contribution in [0.3, 0.4) is 0 Å². The first-order chi connectivity index (χ1) is 15.4. The Labute approximate surface area is 203 Å². The van der Waals surface area contributed by atoms with E-state index in [1.54, 1.807) is 18.2 Å². The van der Waals surface area contributed by atoms with Crippen molar-refractivity contribution >= 4 is 51.9 Å². The predicted octanol–water partition coefficient (Wildman–Crippen LogP) is 6.20. The van der Waals surface area contributed by atoms with Crippen molar-refractivity contribution in [3.63, 3.8) is 0 Å². The maximum atomic E-state index is 11.9.